The molecule has 7 heteroatoms. The summed E-state index contributed by atoms with van der Waals surface area (Å²) in [4.78, 5) is 28.9. The van der Waals surface area contributed by atoms with Crippen LogP contribution in [-0.2, 0) is 9.59 Å². The minimum absolute atomic E-state index is 0.0471. The maximum atomic E-state index is 13.2. The molecule has 0 aromatic heterocycles. The molecule has 0 radical (unpaired) electrons. The number of hydrogen-bond donors (Lipinski definition) is 1. The van der Waals surface area contributed by atoms with Crippen molar-refractivity contribution in [3.05, 3.63) is 34.9 Å². The monoisotopic (exact) mass is 367 g/mol. The molecule has 24 heavy (non-hydrogen) atoms. The first-order chi connectivity index (χ1) is 11.6. The Balaban J connectivity index is 1.82. The summed E-state index contributed by atoms with van der Waals surface area (Å²) >= 11 is 7.77. The first-order valence-corrected chi connectivity index (χ1v) is 9.79. The molecule has 5 nitrogen and oxygen atoms in total. The number of thioether (sulfide) groups is 1. The minimum atomic E-state index is -0.345. The standard InChI is InChI=1S/C17H22ClN3O2S/c1-2-16(22)21-11-24-10-15(21)17(23)20-7-6-19-9-14(20)12-4-3-5-13(18)8-12/h3-5,8,14-15,19H,2,6-7,9-11H2,1H3. The zero-order chi connectivity index (χ0) is 17.1. The highest BCUT2D eigenvalue weighted by molar-refractivity contribution is 7.99. The molecule has 3 rings (SSSR count). The number of piperazine rings is 1. The fourth-order valence-corrected chi connectivity index (χ4v) is 4.64. The molecule has 2 fully saturated rings. The molecule has 2 aliphatic heterocycles. The predicted octanol–water partition coefficient (Wildman–Crippen LogP) is 2.12. The lowest BCUT2D eigenvalue weighted by atomic mass is 10.0. The molecule has 1 N–H and O–H groups in total. The second-order valence-electron chi connectivity index (χ2n) is 6.04. The largest absolute Gasteiger partial charge is 0.331 e. The summed E-state index contributed by atoms with van der Waals surface area (Å²) in [5, 5.41) is 4.02. The Hall–Kier alpha value is -1.24. The highest BCUT2D eigenvalue weighted by Crippen LogP contribution is 2.29. The van der Waals surface area contributed by atoms with Gasteiger partial charge in [-0.25, -0.2) is 0 Å². The fourth-order valence-electron chi connectivity index (χ4n) is 3.27. The van der Waals surface area contributed by atoms with Gasteiger partial charge in [0.1, 0.15) is 6.04 Å². The number of amides is 2. The van der Waals surface area contributed by atoms with Crippen LogP contribution in [0.5, 0.6) is 0 Å². The van der Waals surface area contributed by atoms with Crippen LogP contribution in [0.25, 0.3) is 0 Å². The van der Waals surface area contributed by atoms with Gasteiger partial charge in [0.25, 0.3) is 0 Å². The molecular weight excluding hydrogens is 346 g/mol. The van der Waals surface area contributed by atoms with Crippen LogP contribution in [0.15, 0.2) is 24.3 Å². The quantitative estimate of drug-likeness (QED) is 0.889. The highest BCUT2D eigenvalue weighted by atomic mass is 35.5. The van der Waals surface area contributed by atoms with Crippen LogP contribution >= 0.6 is 23.4 Å². The van der Waals surface area contributed by atoms with E-state index in [1.54, 1.807) is 16.7 Å². The van der Waals surface area contributed by atoms with E-state index < -0.39 is 0 Å². The summed E-state index contributed by atoms with van der Waals surface area (Å²) in [6.07, 6.45) is 0.434. The molecule has 0 spiro atoms. The number of carbonyl (C=O) groups excluding carboxylic acids is 2. The van der Waals surface area contributed by atoms with E-state index in [0.717, 1.165) is 12.1 Å². The molecule has 1 aromatic carbocycles. The average molecular weight is 368 g/mol. The Bertz CT molecular complexity index is 628. The molecule has 2 aliphatic rings. The predicted molar refractivity (Wildman–Crippen MR) is 97.0 cm³/mol. The van der Waals surface area contributed by atoms with Crippen molar-refractivity contribution in [3.63, 3.8) is 0 Å². The number of hydrogen-bond acceptors (Lipinski definition) is 4. The number of carbonyl (C=O) groups is 2. The van der Waals surface area contributed by atoms with Crippen LogP contribution in [0.4, 0.5) is 0 Å². The van der Waals surface area contributed by atoms with Crippen molar-refractivity contribution in [1.29, 1.82) is 0 Å². The fraction of sp³-hybridized carbons (Fsp3) is 0.529. The van der Waals surface area contributed by atoms with Crippen molar-refractivity contribution in [2.75, 3.05) is 31.3 Å². The zero-order valence-electron chi connectivity index (χ0n) is 13.7. The lowest BCUT2D eigenvalue weighted by molar-refractivity contribution is -0.145. The third kappa shape index (κ3) is 3.55. The number of benzene rings is 1. The summed E-state index contributed by atoms with van der Waals surface area (Å²) in [6.45, 7) is 3.95. The van der Waals surface area contributed by atoms with Crippen molar-refractivity contribution in [2.24, 2.45) is 0 Å². The maximum Gasteiger partial charge on any atom is 0.246 e. The van der Waals surface area contributed by atoms with Crippen molar-refractivity contribution < 1.29 is 9.59 Å². The van der Waals surface area contributed by atoms with E-state index in [9.17, 15) is 9.59 Å². The Labute approximate surface area is 151 Å². The number of rotatable bonds is 3. The van der Waals surface area contributed by atoms with Gasteiger partial charge in [0.2, 0.25) is 11.8 Å². The Morgan fingerprint density at radius 3 is 2.96 bits per heavy atom. The minimum Gasteiger partial charge on any atom is -0.331 e. The van der Waals surface area contributed by atoms with Crippen LogP contribution in [0.2, 0.25) is 5.02 Å². The van der Waals surface area contributed by atoms with Crippen LogP contribution in [0.3, 0.4) is 0 Å². The van der Waals surface area contributed by atoms with Gasteiger partial charge in [-0.05, 0) is 17.7 Å². The zero-order valence-corrected chi connectivity index (χ0v) is 15.3. The molecule has 2 heterocycles. The first kappa shape index (κ1) is 17.6. The van der Waals surface area contributed by atoms with Crippen molar-refractivity contribution in [1.82, 2.24) is 15.1 Å². The summed E-state index contributed by atoms with van der Waals surface area (Å²) in [5.74, 6) is 1.38. The molecule has 130 valence electrons. The second-order valence-corrected chi connectivity index (χ2v) is 7.48. The molecule has 2 saturated heterocycles. The number of halogens is 1. The topological polar surface area (TPSA) is 52.7 Å². The van der Waals surface area contributed by atoms with Gasteiger partial charge < -0.3 is 15.1 Å². The van der Waals surface area contributed by atoms with Gasteiger partial charge in [0, 0.05) is 36.8 Å². The van der Waals surface area contributed by atoms with Gasteiger partial charge in [-0.3, -0.25) is 9.59 Å². The maximum absolute atomic E-state index is 13.2. The summed E-state index contributed by atoms with van der Waals surface area (Å²) in [5.41, 5.74) is 1.03. The highest BCUT2D eigenvalue weighted by Gasteiger charge is 2.39. The summed E-state index contributed by atoms with van der Waals surface area (Å²) in [7, 11) is 0. The van der Waals surface area contributed by atoms with Gasteiger partial charge in [-0.2, -0.15) is 0 Å². The molecular formula is C17H22ClN3O2S. The van der Waals surface area contributed by atoms with Gasteiger partial charge in [0.15, 0.2) is 0 Å². The summed E-state index contributed by atoms with van der Waals surface area (Å²) in [6, 6.07) is 7.27. The second kappa shape index (κ2) is 7.76. The summed E-state index contributed by atoms with van der Waals surface area (Å²) < 4.78 is 0. The van der Waals surface area contributed by atoms with E-state index >= 15 is 0 Å². The Morgan fingerprint density at radius 1 is 1.38 bits per heavy atom. The van der Waals surface area contributed by atoms with E-state index in [-0.39, 0.29) is 23.9 Å². The molecule has 0 bridgehead atoms. The van der Waals surface area contributed by atoms with E-state index in [1.165, 1.54) is 0 Å². The smallest absolute Gasteiger partial charge is 0.246 e. The normalized spacial score (nSPS) is 24.2. The van der Waals surface area contributed by atoms with E-state index in [0.29, 0.717) is 36.2 Å². The van der Waals surface area contributed by atoms with Gasteiger partial charge in [-0.15, -0.1) is 11.8 Å². The van der Waals surface area contributed by atoms with Crippen molar-refractivity contribution >= 4 is 35.2 Å². The molecule has 0 aliphatic carbocycles. The van der Waals surface area contributed by atoms with E-state index in [4.69, 9.17) is 11.6 Å². The van der Waals surface area contributed by atoms with Crippen LogP contribution < -0.4 is 5.32 Å². The van der Waals surface area contributed by atoms with Crippen LogP contribution in [0.1, 0.15) is 24.9 Å². The third-order valence-electron chi connectivity index (χ3n) is 4.55. The number of nitrogens with one attached hydrogen (secondary N) is 1. The van der Waals surface area contributed by atoms with Crippen molar-refractivity contribution in [3.8, 4) is 0 Å². The van der Waals surface area contributed by atoms with Gasteiger partial charge >= 0.3 is 0 Å². The molecule has 2 amide bonds. The third-order valence-corrected chi connectivity index (χ3v) is 5.80. The first-order valence-electron chi connectivity index (χ1n) is 8.25. The van der Waals surface area contributed by atoms with Gasteiger partial charge in [0.05, 0.1) is 11.9 Å². The number of nitrogens with zero attached hydrogens (tertiary/aromatic N) is 2. The van der Waals surface area contributed by atoms with Crippen LogP contribution in [0, 0.1) is 0 Å². The lowest BCUT2D eigenvalue weighted by Gasteiger charge is -2.39. The molecule has 1 aromatic rings. The SMILES string of the molecule is CCC(=O)N1CSCC1C(=O)N1CCNCC1c1cccc(Cl)c1. The molecule has 2 atom stereocenters. The average Bonchev–Trinajstić information content (AvgIpc) is 3.10. The lowest BCUT2D eigenvalue weighted by Crippen LogP contribution is -2.55. The Kier molecular flexibility index (Phi) is 5.69. The van der Waals surface area contributed by atoms with Crippen LogP contribution in [-0.4, -0.2) is 58.9 Å². The molecule has 0 saturated carbocycles. The Morgan fingerprint density at radius 2 is 2.21 bits per heavy atom. The van der Waals surface area contributed by atoms with Gasteiger partial charge in [-0.1, -0.05) is 30.7 Å². The molecule has 2 unspecified atom stereocenters. The van der Waals surface area contributed by atoms with Crippen molar-refractivity contribution in [2.45, 2.75) is 25.4 Å². The van der Waals surface area contributed by atoms with E-state index in [2.05, 4.69) is 5.32 Å². The van der Waals surface area contributed by atoms with E-state index in [1.807, 2.05) is 36.1 Å².